The molecule has 0 saturated heterocycles. The SMILES string of the molecule is CCOC(=O)c1cc(C#N)cc(OC)c1OC. The molecule has 0 bridgehead atoms. The highest BCUT2D eigenvalue weighted by molar-refractivity contribution is 5.94. The van der Waals surface area contributed by atoms with E-state index in [9.17, 15) is 4.79 Å². The first-order chi connectivity index (χ1) is 8.17. The third kappa shape index (κ3) is 2.67. The predicted molar refractivity (Wildman–Crippen MR) is 60.2 cm³/mol. The molecule has 0 N–H and O–H groups in total. The molecule has 0 heterocycles. The molecule has 0 aliphatic heterocycles. The van der Waals surface area contributed by atoms with Gasteiger partial charge in [-0.2, -0.15) is 5.26 Å². The fourth-order valence-electron chi connectivity index (χ4n) is 1.39. The van der Waals surface area contributed by atoms with Gasteiger partial charge in [0.2, 0.25) is 0 Å². The molecule has 0 radical (unpaired) electrons. The Kier molecular flexibility index (Phi) is 4.35. The predicted octanol–water partition coefficient (Wildman–Crippen LogP) is 1.75. The smallest absolute Gasteiger partial charge is 0.342 e. The van der Waals surface area contributed by atoms with Crippen molar-refractivity contribution in [2.75, 3.05) is 20.8 Å². The summed E-state index contributed by atoms with van der Waals surface area (Å²) in [5, 5.41) is 8.86. The molecule has 0 saturated carbocycles. The molecule has 0 unspecified atom stereocenters. The number of benzene rings is 1. The largest absolute Gasteiger partial charge is 0.493 e. The van der Waals surface area contributed by atoms with Crippen LogP contribution in [0, 0.1) is 11.3 Å². The van der Waals surface area contributed by atoms with Crippen LogP contribution < -0.4 is 9.47 Å². The highest BCUT2D eigenvalue weighted by Crippen LogP contribution is 2.32. The zero-order valence-corrected chi connectivity index (χ0v) is 9.94. The van der Waals surface area contributed by atoms with Crippen LogP contribution in [0.25, 0.3) is 0 Å². The molecule has 0 atom stereocenters. The third-order valence-electron chi connectivity index (χ3n) is 2.10. The van der Waals surface area contributed by atoms with Crippen molar-refractivity contribution in [3.8, 4) is 17.6 Å². The first-order valence-electron chi connectivity index (χ1n) is 5.01. The second-order valence-corrected chi connectivity index (χ2v) is 3.09. The minimum Gasteiger partial charge on any atom is -0.493 e. The van der Waals surface area contributed by atoms with Gasteiger partial charge in [0, 0.05) is 6.07 Å². The molecule has 1 aromatic carbocycles. The number of methoxy groups -OCH3 is 2. The highest BCUT2D eigenvalue weighted by atomic mass is 16.5. The van der Waals surface area contributed by atoms with Crippen molar-refractivity contribution in [1.29, 1.82) is 5.26 Å². The first-order valence-corrected chi connectivity index (χ1v) is 5.01. The minimum atomic E-state index is -0.542. The number of ether oxygens (including phenoxy) is 3. The van der Waals surface area contributed by atoms with Gasteiger partial charge >= 0.3 is 5.97 Å². The van der Waals surface area contributed by atoms with E-state index in [1.54, 1.807) is 6.92 Å². The molecule has 0 aliphatic carbocycles. The van der Waals surface area contributed by atoms with Gasteiger partial charge < -0.3 is 14.2 Å². The van der Waals surface area contributed by atoms with Crippen LogP contribution in [0.15, 0.2) is 12.1 Å². The lowest BCUT2D eigenvalue weighted by molar-refractivity contribution is 0.0522. The maximum atomic E-state index is 11.7. The van der Waals surface area contributed by atoms with Crippen molar-refractivity contribution in [2.45, 2.75) is 6.92 Å². The normalized spacial score (nSPS) is 9.29. The van der Waals surface area contributed by atoms with Crippen LogP contribution in [0.2, 0.25) is 0 Å². The van der Waals surface area contributed by atoms with Gasteiger partial charge in [-0.15, -0.1) is 0 Å². The number of nitrogens with zero attached hydrogens (tertiary/aromatic N) is 1. The van der Waals surface area contributed by atoms with Gasteiger partial charge in [0.05, 0.1) is 32.5 Å². The Morgan fingerprint density at radius 3 is 2.53 bits per heavy atom. The maximum absolute atomic E-state index is 11.7. The van der Waals surface area contributed by atoms with Crippen LogP contribution in [0.1, 0.15) is 22.8 Å². The van der Waals surface area contributed by atoms with Gasteiger partial charge in [-0.05, 0) is 13.0 Å². The standard InChI is InChI=1S/C12H13NO4/c1-4-17-12(14)9-5-8(7-13)6-10(15-2)11(9)16-3/h5-6H,4H2,1-3H3. The lowest BCUT2D eigenvalue weighted by atomic mass is 10.1. The number of hydrogen-bond donors (Lipinski definition) is 0. The number of carbonyl (C=O) groups is 1. The Hall–Kier alpha value is -2.22. The average molecular weight is 235 g/mol. The molecule has 1 rings (SSSR count). The quantitative estimate of drug-likeness (QED) is 0.743. The summed E-state index contributed by atoms with van der Waals surface area (Å²) >= 11 is 0. The van der Waals surface area contributed by atoms with Crippen molar-refractivity contribution in [3.05, 3.63) is 23.3 Å². The molecule has 5 heteroatoms. The van der Waals surface area contributed by atoms with Crippen molar-refractivity contribution in [3.63, 3.8) is 0 Å². The van der Waals surface area contributed by atoms with Gasteiger partial charge in [-0.3, -0.25) is 0 Å². The summed E-state index contributed by atoms with van der Waals surface area (Å²) in [5.74, 6) is 0.0549. The van der Waals surface area contributed by atoms with Crippen LogP contribution in [0.5, 0.6) is 11.5 Å². The van der Waals surface area contributed by atoms with E-state index in [0.717, 1.165) is 0 Å². The van der Waals surface area contributed by atoms with Gasteiger partial charge in [0.1, 0.15) is 5.56 Å². The van der Waals surface area contributed by atoms with E-state index in [0.29, 0.717) is 11.3 Å². The number of carbonyl (C=O) groups excluding carboxylic acids is 1. The zero-order chi connectivity index (χ0) is 12.8. The molecular weight excluding hydrogens is 222 g/mol. The lowest BCUT2D eigenvalue weighted by Crippen LogP contribution is -2.08. The van der Waals surface area contributed by atoms with Gasteiger partial charge in [-0.1, -0.05) is 0 Å². The van der Waals surface area contributed by atoms with Crippen LogP contribution in [0.4, 0.5) is 0 Å². The number of esters is 1. The number of rotatable bonds is 4. The Morgan fingerprint density at radius 1 is 1.35 bits per heavy atom. The Bertz CT molecular complexity index is 462. The topological polar surface area (TPSA) is 68.6 Å². The van der Waals surface area contributed by atoms with E-state index in [4.69, 9.17) is 19.5 Å². The molecule has 90 valence electrons. The Labute approximate surface area is 99.5 Å². The van der Waals surface area contributed by atoms with Gasteiger partial charge in [0.15, 0.2) is 11.5 Å². The van der Waals surface area contributed by atoms with Gasteiger partial charge in [0.25, 0.3) is 0 Å². The first kappa shape index (κ1) is 12.8. The molecule has 17 heavy (non-hydrogen) atoms. The van der Waals surface area contributed by atoms with Gasteiger partial charge in [-0.25, -0.2) is 4.79 Å². The summed E-state index contributed by atoms with van der Waals surface area (Å²) in [6, 6.07) is 4.86. The second kappa shape index (κ2) is 5.75. The molecule has 1 aromatic rings. The van der Waals surface area contributed by atoms with Crippen LogP contribution >= 0.6 is 0 Å². The number of hydrogen-bond acceptors (Lipinski definition) is 5. The van der Waals surface area contributed by atoms with E-state index < -0.39 is 5.97 Å². The van der Waals surface area contributed by atoms with Crippen molar-refractivity contribution < 1.29 is 19.0 Å². The minimum absolute atomic E-state index is 0.185. The highest BCUT2D eigenvalue weighted by Gasteiger charge is 2.19. The van der Waals surface area contributed by atoms with E-state index in [1.165, 1.54) is 26.4 Å². The summed E-state index contributed by atoms with van der Waals surface area (Å²) in [4.78, 5) is 11.7. The summed E-state index contributed by atoms with van der Waals surface area (Å²) in [5.41, 5.74) is 0.496. The second-order valence-electron chi connectivity index (χ2n) is 3.09. The molecule has 0 spiro atoms. The van der Waals surface area contributed by atoms with Crippen LogP contribution in [0.3, 0.4) is 0 Å². The fourth-order valence-corrected chi connectivity index (χ4v) is 1.39. The summed E-state index contributed by atoms with van der Waals surface area (Å²) in [7, 11) is 2.86. The fraction of sp³-hybridized carbons (Fsp3) is 0.333. The van der Waals surface area contributed by atoms with Crippen LogP contribution in [-0.4, -0.2) is 26.8 Å². The number of nitriles is 1. The maximum Gasteiger partial charge on any atom is 0.342 e. The monoisotopic (exact) mass is 235 g/mol. The summed E-state index contributed by atoms with van der Waals surface area (Å²) < 4.78 is 15.0. The molecule has 0 fully saturated rings. The summed E-state index contributed by atoms with van der Waals surface area (Å²) in [6.45, 7) is 1.96. The third-order valence-corrected chi connectivity index (χ3v) is 2.10. The van der Waals surface area contributed by atoms with Crippen LogP contribution in [-0.2, 0) is 4.74 Å². The lowest BCUT2D eigenvalue weighted by Gasteiger charge is -2.12. The molecule has 5 nitrogen and oxygen atoms in total. The molecular formula is C12H13NO4. The Balaban J connectivity index is 3.35. The van der Waals surface area contributed by atoms with Crippen molar-refractivity contribution >= 4 is 5.97 Å². The van der Waals surface area contributed by atoms with E-state index in [2.05, 4.69) is 0 Å². The average Bonchev–Trinajstić information content (AvgIpc) is 2.37. The molecule has 0 aromatic heterocycles. The van der Waals surface area contributed by atoms with E-state index in [-0.39, 0.29) is 17.9 Å². The van der Waals surface area contributed by atoms with E-state index >= 15 is 0 Å². The molecule has 0 amide bonds. The molecule has 0 aliphatic rings. The van der Waals surface area contributed by atoms with Crippen molar-refractivity contribution in [1.82, 2.24) is 0 Å². The summed E-state index contributed by atoms with van der Waals surface area (Å²) in [6.07, 6.45) is 0. The van der Waals surface area contributed by atoms with E-state index in [1.807, 2.05) is 6.07 Å². The van der Waals surface area contributed by atoms with Crippen molar-refractivity contribution in [2.24, 2.45) is 0 Å². The Morgan fingerprint density at radius 2 is 2.06 bits per heavy atom. The zero-order valence-electron chi connectivity index (χ0n) is 9.94.